The van der Waals surface area contributed by atoms with Gasteiger partial charge in [-0.25, -0.2) is 4.98 Å². The monoisotopic (exact) mass is 431 g/mol. The lowest BCUT2D eigenvalue weighted by atomic mass is 10.2. The Morgan fingerprint density at radius 3 is 2.19 bits per heavy atom. The second kappa shape index (κ2) is 8.66. The summed E-state index contributed by atoms with van der Waals surface area (Å²) in [6.45, 7) is 4.04. The number of hydrogen-bond donors (Lipinski definition) is 1. The van der Waals surface area contributed by atoms with Gasteiger partial charge in [-0.2, -0.15) is 0 Å². The Bertz CT molecular complexity index is 1210. The Kier molecular flexibility index (Phi) is 5.78. The van der Waals surface area contributed by atoms with E-state index in [1.54, 1.807) is 31.4 Å². The molecule has 0 spiro atoms. The van der Waals surface area contributed by atoms with Crippen LogP contribution in [-0.4, -0.2) is 22.6 Å². The highest BCUT2D eigenvalue weighted by Gasteiger charge is 2.15. The Balaban J connectivity index is 1.59. The number of hydrogen-bond acceptors (Lipinski definition) is 3. The first-order valence-corrected chi connectivity index (χ1v) is 10.2. The summed E-state index contributed by atoms with van der Waals surface area (Å²) in [5.41, 5.74) is 5.24. The maximum atomic E-state index is 12.5. The standard InChI is InChI=1S/C25H22ClN3O2/c1-16-17(2)29(24(27-16)18-4-8-20(26)9-5-18)22-12-10-21(11-13-22)28-25(30)19-6-14-23(31-3)15-7-19/h4-15H,1-3H3,(H,28,30). The lowest BCUT2D eigenvalue weighted by molar-refractivity contribution is 0.102. The van der Waals surface area contributed by atoms with Gasteiger partial charge in [0.1, 0.15) is 11.6 Å². The summed E-state index contributed by atoms with van der Waals surface area (Å²) in [6.07, 6.45) is 0. The molecule has 5 nitrogen and oxygen atoms in total. The summed E-state index contributed by atoms with van der Waals surface area (Å²) in [7, 11) is 1.60. The van der Waals surface area contributed by atoms with E-state index in [1.165, 1.54) is 0 Å². The number of imidazole rings is 1. The summed E-state index contributed by atoms with van der Waals surface area (Å²) in [6, 6.07) is 22.4. The summed E-state index contributed by atoms with van der Waals surface area (Å²) in [5.74, 6) is 1.39. The van der Waals surface area contributed by atoms with Crippen LogP contribution in [0, 0.1) is 13.8 Å². The van der Waals surface area contributed by atoms with Crippen molar-refractivity contribution < 1.29 is 9.53 Å². The van der Waals surface area contributed by atoms with Crippen molar-refractivity contribution >= 4 is 23.2 Å². The summed E-state index contributed by atoms with van der Waals surface area (Å²) in [4.78, 5) is 17.3. The van der Waals surface area contributed by atoms with Crippen LogP contribution in [0.5, 0.6) is 5.75 Å². The van der Waals surface area contributed by atoms with E-state index in [4.69, 9.17) is 21.3 Å². The van der Waals surface area contributed by atoms with Crippen molar-refractivity contribution in [2.45, 2.75) is 13.8 Å². The van der Waals surface area contributed by atoms with Gasteiger partial charge in [-0.3, -0.25) is 9.36 Å². The zero-order chi connectivity index (χ0) is 22.0. The van der Waals surface area contributed by atoms with Crippen LogP contribution >= 0.6 is 11.6 Å². The molecule has 156 valence electrons. The molecule has 1 heterocycles. The summed E-state index contributed by atoms with van der Waals surface area (Å²) in [5, 5.41) is 3.61. The molecule has 1 amide bonds. The van der Waals surface area contributed by atoms with Crippen molar-refractivity contribution in [2.75, 3.05) is 12.4 Å². The molecule has 0 aliphatic rings. The molecule has 6 heteroatoms. The van der Waals surface area contributed by atoms with E-state index in [2.05, 4.69) is 9.88 Å². The maximum absolute atomic E-state index is 12.5. The van der Waals surface area contributed by atoms with Crippen LogP contribution in [0.3, 0.4) is 0 Å². The molecule has 0 atom stereocenters. The van der Waals surface area contributed by atoms with Crippen LogP contribution in [-0.2, 0) is 0 Å². The Hall–Kier alpha value is -3.57. The van der Waals surface area contributed by atoms with Crippen molar-refractivity contribution in [1.29, 1.82) is 0 Å². The summed E-state index contributed by atoms with van der Waals surface area (Å²) >= 11 is 6.04. The minimum Gasteiger partial charge on any atom is -0.497 e. The molecule has 0 saturated heterocycles. The average molecular weight is 432 g/mol. The van der Waals surface area contributed by atoms with Gasteiger partial charge in [0.2, 0.25) is 0 Å². The second-order valence-electron chi connectivity index (χ2n) is 7.18. The van der Waals surface area contributed by atoms with Gasteiger partial charge < -0.3 is 10.1 Å². The van der Waals surface area contributed by atoms with Crippen LogP contribution < -0.4 is 10.1 Å². The van der Waals surface area contributed by atoms with Crippen LogP contribution in [0.1, 0.15) is 21.7 Å². The SMILES string of the molecule is COc1ccc(C(=O)Nc2ccc(-n3c(-c4ccc(Cl)cc4)nc(C)c3C)cc2)cc1. The number of aryl methyl sites for hydroxylation is 1. The van der Waals surface area contributed by atoms with Gasteiger partial charge in [0.15, 0.2) is 0 Å². The average Bonchev–Trinajstić information content (AvgIpc) is 3.09. The first-order valence-electron chi connectivity index (χ1n) is 9.84. The molecular formula is C25H22ClN3O2. The van der Waals surface area contributed by atoms with E-state index in [-0.39, 0.29) is 5.91 Å². The topological polar surface area (TPSA) is 56.1 Å². The fourth-order valence-corrected chi connectivity index (χ4v) is 3.48. The first kappa shape index (κ1) is 20.7. The smallest absolute Gasteiger partial charge is 0.255 e. The number of halogens is 1. The zero-order valence-corrected chi connectivity index (χ0v) is 18.3. The quantitative estimate of drug-likeness (QED) is 0.417. The van der Waals surface area contributed by atoms with Gasteiger partial charge in [0.25, 0.3) is 5.91 Å². The molecular weight excluding hydrogens is 410 g/mol. The minimum atomic E-state index is -0.174. The third-order valence-corrected chi connectivity index (χ3v) is 5.43. The number of carbonyl (C=O) groups excluding carboxylic acids is 1. The van der Waals surface area contributed by atoms with Gasteiger partial charge in [0, 0.05) is 33.2 Å². The molecule has 1 N–H and O–H groups in total. The summed E-state index contributed by atoms with van der Waals surface area (Å²) < 4.78 is 7.24. The van der Waals surface area contributed by atoms with Gasteiger partial charge >= 0.3 is 0 Å². The van der Waals surface area contributed by atoms with E-state index in [0.717, 1.165) is 28.5 Å². The number of amides is 1. The Morgan fingerprint density at radius 2 is 1.58 bits per heavy atom. The molecule has 4 aromatic rings. The zero-order valence-electron chi connectivity index (χ0n) is 17.5. The molecule has 0 fully saturated rings. The number of aromatic nitrogens is 2. The Labute approximate surface area is 186 Å². The van der Waals surface area contributed by atoms with Gasteiger partial charge in [-0.15, -0.1) is 0 Å². The molecule has 4 rings (SSSR count). The molecule has 0 aliphatic heterocycles. The maximum Gasteiger partial charge on any atom is 0.255 e. The molecule has 0 unspecified atom stereocenters. The molecule has 1 aromatic heterocycles. The van der Waals surface area contributed by atoms with Crippen LogP contribution in [0.4, 0.5) is 5.69 Å². The largest absolute Gasteiger partial charge is 0.497 e. The van der Waals surface area contributed by atoms with Gasteiger partial charge in [0.05, 0.1) is 12.8 Å². The van der Waals surface area contributed by atoms with Gasteiger partial charge in [-0.05, 0) is 86.6 Å². The minimum absolute atomic E-state index is 0.174. The lowest BCUT2D eigenvalue weighted by Crippen LogP contribution is -2.11. The predicted molar refractivity (Wildman–Crippen MR) is 124 cm³/mol. The molecule has 31 heavy (non-hydrogen) atoms. The number of nitrogens with one attached hydrogen (secondary N) is 1. The normalized spacial score (nSPS) is 10.7. The number of carbonyl (C=O) groups is 1. The molecule has 3 aromatic carbocycles. The number of methoxy groups -OCH3 is 1. The Morgan fingerprint density at radius 1 is 0.935 bits per heavy atom. The van der Waals surface area contributed by atoms with Crippen molar-refractivity contribution in [2.24, 2.45) is 0 Å². The van der Waals surface area contributed by atoms with Crippen molar-refractivity contribution in [3.05, 3.63) is 94.8 Å². The van der Waals surface area contributed by atoms with E-state index in [0.29, 0.717) is 22.0 Å². The highest BCUT2D eigenvalue weighted by molar-refractivity contribution is 6.30. The van der Waals surface area contributed by atoms with Gasteiger partial charge in [-0.1, -0.05) is 11.6 Å². The van der Waals surface area contributed by atoms with E-state index in [1.807, 2.05) is 62.4 Å². The lowest BCUT2D eigenvalue weighted by Gasteiger charge is -2.12. The van der Waals surface area contributed by atoms with Crippen molar-refractivity contribution in [3.8, 4) is 22.8 Å². The van der Waals surface area contributed by atoms with Crippen molar-refractivity contribution in [3.63, 3.8) is 0 Å². The molecule has 0 radical (unpaired) electrons. The molecule has 0 bridgehead atoms. The fourth-order valence-electron chi connectivity index (χ4n) is 3.36. The van der Waals surface area contributed by atoms with Crippen molar-refractivity contribution in [1.82, 2.24) is 9.55 Å². The number of ether oxygens (including phenoxy) is 1. The number of nitrogens with zero attached hydrogens (tertiary/aromatic N) is 2. The number of rotatable bonds is 5. The van der Waals surface area contributed by atoms with Crippen LogP contribution in [0.15, 0.2) is 72.8 Å². The predicted octanol–water partition coefficient (Wildman–Crippen LogP) is 6.07. The van der Waals surface area contributed by atoms with Crippen LogP contribution in [0.2, 0.25) is 5.02 Å². The highest BCUT2D eigenvalue weighted by atomic mass is 35.5. The third-order valence-electron chi connectivity index (χ3n) is 5.18. The van der Waals surface area contributed by atoms with Crippen LogP contribution in [0.25, 0.3) is 17.1 Å². The fraction of sp³-hybridized carbons (Fsp3) is 0.120. The highest BCUT2D eigenvalue weighted by Crippen LogP contribution is 2.28. The van der Waals surface area contributed by atoms with E-state index < -0.39 is 0 Å². The third kappa shape index (κ3) is 4.32. The van der Waals surface area contributed by atoms with E-state index in [9.17, 15) is 4.79 Å². The molecule has 0 aliphatic carbocycles. The number of anilines is 1. The number of benzene rings is 3. The first-order chi connectivity index (χ1) is 15.0. The van der Waals surface area contributed by atoms with E-state index >= 15 is 0 Å². The molecule has 0 saturated carbocycles. The second-order valence-corrected chi connectivity index (χ2v) is 7.61.